The minimum absolute atomic E-state index is 0.894. The van der Waals surface area contributed by atoms with Crippen molar-refractivity contribution in [3.05, 3.63) is 24.7 Å². The topological polar surface area (TPSA) is 15.7 Å². The maximum atomic E-state index is 5.80. The van der Waals surface area contributed by atoms with E-state index in [1.807, 2.05) is 0 Å². The molecule has 0 N–H and O–H groups in total. The summed E-state index contributed by atoms with van der Waals surface area (Å²) in [6.45, 7) is 24.2. The zero-order valence-electron chi connectivity index (χ0n) is 19.0. The Labute approximate surface area is 170 Å². The summed E-state index contributed by atoms with van der Waals surface area (Å²) in [4.78, 5) is 4.99. The summed E-state index contributed by atoms with van der Waals surface area (Å²) >= 11 is 0. The number of allylic oxidation sites excluding steroid dienone is 2. The lowest BCUT2D eigenvalue weighted by Gasteiger charge is -2.17. The highest BCUT2D eigenvalue weighted by atomic mass is 16.5. The van der Waals surface area contributed by atoms with E-state index in [9.17, 15) is 0 Å². The molecule has 0 unspecified atom stereocenters. The largest absolute Gasteiger partial charge is 0.467 e. The molecule has 0 saturated carbocycles. The quantitative estimate of drug-likeness (QED) is 0.174. The van der Waals surface area contributed by atoms with Gasteiger partial charge in [0.15, 0.2) is 0 Å². The average Bonchev–Trinajstić information content (AvgIpc) is 2.67. The number of hydrogen-bond acceptors (Lipinski definition) is 3. The van der Waals surface area contributed by atoms with Crippen molar-refractivity contribution in [2.45, 2.75) is 91.9 Å². The van der Waals surface area contributed by atoms with Crippen LogP contribution in [0.25, 0.3) is 0 Å². The molecular weight excluding hydrogens is 332 g/mol. The van der Waals surface area contributed by atoms with Crippen LogP contribution >= 0.6 is 0 Å². The van der Waals surface area contributed by atoms with E-state index in [4.69, 9.17) is 4.74 Å². The SMILES string of the molecule is C=C(CCCCCCN(CC)CC)OC(=C)CCCCCCN(CC)CC. The van der Waals surface area contributed by atoms with Gasteiger partial charge in [-0.3, -0.25) is 0 Å². The Morgan fingerprint density at radius 3 is 1.22 bits per heavy atom. The fraction of sp³-hybridized carbons (Fsp3) is 0.833. The summed E-state index contributed by atoms with van der Waals surface area (Å²) < 4.78 is 5.80. The van der Waals surface area contributed by atoms with E-state index < -0.39 is 0 Å². The molecule has 0 aliphatic heterocycles. The van der Waals surface area contributed by atoms with E-state index in [1.54, 1.807) is 0 Å². The van der Waals surface area contributed by atoms with Crippen molar-refractivity contribution >= 4 is 0 Å². The number of unbranched alkanes of at least 4 members (excludes halogenated alkanes) is 6. The molecule has 0 amide bonds. The zero-order chi connectivity index (χ0) is 20.3. The van der Waals surface area contributed by atoms with Crippen molar-refractivity contribution in [2.24, 2.45) is 0 Å². The van der Waals surface area contributed by atoms with Crippen molar-refractivity contribution in [1.29, 1.82) is 0 Å². The normalized spacial score (nSPS) is 11.3. The van der Waals surface area contributed by atoms with Crippen LogP contribution in [-0.2, 0) is 4.74 Å². The summed E-state index contributed by atoms with van der Waals surface area (Å²) in [5.74, 6) is 1.79. The smallest absolute Gasteiger partial charge is 0.0964 e. The third-order valence-corrected chi connectivity index (χ3v) is 5.44. The van der Waals surface area contributed by atoms with Crippen LogP contribution in [0.1, 0.15) is 91.9 Å². The minimum atomic E-state index is 0.894. The average molecular weight is 381 g/mol. The van der Waals surface area contributed by atoms with Crippen molar-refractivity contribution in [1.82, 2.24) is 9.80 Å². The van der Waals surface area contributed by atoms with Crippen molar-refractivity contribution < 1.29 is 4.74 Å². The first-order chi connectivity index (χ1) is 13.1. The van der Waals surface area contributed by atoms with Crippen LogP contribution in [0.15, 0.2) is 24.7 Å². The Kier molecular flexibility index (Phi) is 18.0. The number of nitrogens with zero attached hydrogens (tertiary/aromatic N) is 2. The molecule has 0 aromatic heterocycles. The summed E-state index contributed by atoms with van der Waals surface area (Å²) in [6.07, 6.45) is 12.0. The van der Waals surface area contributed by atoms with Gasteiger partial charge in [0.25, 0.3) is 0 Å². The van der Waals surface area contributed by atoms with Gasteiger partial charge in [-0.25, -0.2) is 0 Å². The molecule has 160 valence electrons. The van der Waals surface area contributed by atoms with Crippen molar-refractivity contribution in [3.63, 3.8) is 0 Å². The van der Waals surface area contributed by atoms with Gasteiger partial charge in [0.05, 0.1) is 11.5 Å². The standard InChI is InChI=1S/C24H48N2O/c1-7-25(8-2)21-17-13-11-15-19-23(5)27-24(6)20-16-12-14-18-22-26(9-3)10-4/h5-22H2,1-4H3. The molecule has 0 radical (unpaired) electrons. The van der Waals surface area contributed by atoms with Crippen LogP contribution in [-0.4, -0.2) is 49.1 Å². The second-order valence-electron chi connectivity index (χ2n) is 7.56. The molecule has 0 spiro atoms. The Hall–Kier alpha value is -0.800. The Bertz CT molecular complexity index is 325. The Balaban J connectivity index is 3.52. The van der Waals surface area contributed by atoms with Gasteiger partial charge in [-0.1, -0.05) is 66.5 Å². The number of hydrogen-bond donors (Lipinski definition) is 0. The van der Waals surface area contributed by atoms with Crippen LogP contribution < -0.4 is 0 Å². The first-order valence-corrected chi connectivity index (χ1v) is 11.5. The highest BCUT2D eigenvalue weighted by Crippen LogP contribution is 2.17. The molecule has 27 heavy (non-hydrogen) atoms. The highest BCUT2D eigenvalue weighted by Gasteiger charge is 2.03. The maximum Gasteiger partial charge on any atom is 0.0964 e. The third kappa shape index (κ3) is 15.9. The minimum Gasteiger partial charge on any atom is -0.467 e. The second kappa shape index (κ2) is 18.6. The lowest BCUT2D eigenvalue weighted by Crippen LogP contribution is -2.23. The van der Waals surface area contributed by atoms with Gasteiger partial charge in [0.1, 0.15) is 0 Å². The Morgan fingerprint density at radius 2 is 0.889 bits per heavy atom. The second-order valence-corrected chi connectivity index (χ2v) is 7.56. The van der Waals surface area contributed by atoms with Gasteiger partial charge >= 0.3 is 0 Å². The molecule has 0 bridgehead atoms. The summed E-state index contributed by atoms with van der Waals surface area (Å²) in [6, 6.07) is 0. The number of ether oxygens (including phenoxy) is 1. The number of rotatable bonds is 20. The first kappa shape index (κ1) is 26.2. The molecule has 0 aliphatic carbocycles. The van der Waals surface area contributed by atoms with E-state index in [0.29, 0.717) is 0 Å². The van der Waals surface area contributed by atoms with Crippen LogP contribution in [0.3, 0.4) is 0 Å². The molecule has 0 aromatic rings. The van der Waals surface area contributed by atoms with Gasteiger partial charge in [0, 0.05) is 12.8 Å². The monoisotopic (exact) mass is 380 g/mol. The predicted octanol–water partition coefficient (Wildman–Crippen LogP) is 6.62. The first-order valence-electron chi connectivity index (χ1n) is 11.5. The Morgan fingerprint density at radius 1 is 0.556 bits per heavy atom. The van der Waals surface area contributed by atoms with Gasteiger partial charge in [0.2, 0.25) is 0 Å². The lowest BCUT2D eigenvalue weighted by molar-refractivity contribution is 0.271. The van der Waals surface area contributed by atoms with Crippen LogP contribution in [0.5, 0.6) is 0 Å². The van der Waals surface area contributed by atoms with Gasteiger partial charge in [-0.2, -0.15) is 0 Å². The van der Waals surface area contributed by atoms with E-state index in [2.05, 4.69) is 50.7 Å². The summed E-state index contributed by atoms with van der Waals surface area (Å²) in [5, 5.41) is 0. The van der Waals surface area contributed by atoms with Crippen LogP contribution in [0.4, 0.5) is 0 Å². The van der Waals surface area contributed by atoms with Crippen molar-refractivity contribution in [3.8, 4) is 0 Å². The van der Waals surface area contributed by atoms with E-state index in [-0.39, 0.29) is 0 Å². The molecule has 3 nitrogen and oxygen atoms in total. The maximum absolute atomic E-state index is 5.80. The third-order valence-electron chi connectivity index (χ3n) is 5.44. The van der Waals surface area contributed by atoms with Gasteiger partial charge in [-0.15, -0.1) is 0 Å². The molecule has 0 atom stereocenters. The lowest BCUT2D eigenvalue weighted by atomic mass is 10.1. The molecule has 0 fully saturated rings. The molecule has 0 saturated heterocycles. The van der Waals surface area contributed by atoms with Crippen LogP contribution in [0.2, 0.25) is 0 Å². The molecule has 0 heterocycles. The van der Waals surface area contributed by atoms with Gasteiger partial charge < -0.3 is 14.5 Å². The van der Waals surface area contributed by atoms with Gasteiger partial charge in [-0.05, 0) is 65.0 Å². The van der Waals surface area contributed by atoms with E-state index in [0.717, 1.165) is 24.4 Å². The van der Waals surface area contributed by atoms with E-state index >= 15 is 0 Å². The summed E-state index contributed by atoms with van der Waals surface area (Å²) in [7, 11) is 0. The fourth-order valence-corrected chi connectivity index (χ4v) is 3.41. The molecule has 0 aliphatic rings. The molecule has 0 rings (SSSR count). The molecule has 0 aromatic carbocycles. The zero-order valence-corrected chi connectivity index (χ0v) is 19.0. The fourth-order valence-electron chi connectivity index (χ4n) is 3.41. The highest BCUT2D eigenvalue weighted by molar-refractivity contribution is 4.93. The predicted molar refractivity (Wildman–Crippen MR) is 121 cm³/mol. The van der Waals surface area contributed by atoms with E-state index in [1.165, 1.54) is 90.6 Å². The summed E-state index contributed by atoms with van der Waals surface area (Å²) in [5.41, 5.74) is 0. The molecular formula is C24H48N2O. The van der Waals surface area contributed by atoms with Crippen molar-refractivity contribution in [2.75, 3.05) is 39.3 Å². The van der Waals surface area contributed by atoms with Crippen LogP contribution in [0, 0.1) is 0 Å². The molecule has 3 heteroatoms.